The molecule has 0 atom stereocenters. The molecule has 1 aromatic rings. The Bertz CT molecular complexity index is 305. The quantitative estimate of drug-likeness (QED) is 0.500. The Morgan fingerprint density at radius 1 is 1.31 bits per heavy atom. The van der Waals surface area contributed by atoms with E-state index in [2.05, 4.69) is 19.4 Å². The van der Waals surface area contributed by atoms with Crippen LogP contribution in [0, 0.1) is 10.1 Å². The van der Waals surface area contributed by atoms with Gasteiger partial charge in [-0.1, -0.05) is 0 Å². The molecule has 7 heteroatoms. The Balaban J connectivity index is 3.29. The van der Waals surface area contributed by atoms with Gasteiger partial charge in [0.15, 0.2) is 0 Å². The second-order valence-corrected chi connectivity index (χ2v) is 2.00. The summed E-state index contributed by atoms with van der Waals surface area (Å²) < 4.78 is 9.35. The molecule has 0 amide bonds. The molecule has 0 unspecified atom stereocenters. The monoisotopic (exact) mass is 185 g/mol. The third kappa shape index (κ3) is 1.63. The van der Waals surface area contributed by atoms with Crippen molar-refractivity contribution < 1.29 is 14.4 Å². The zero-order valence-electron chi connectivity index (χ0n) is 7.05. The molecular formula is C6H7N3O4. The number of hydrogen-bond donors (Lipinski definition) is 0. The van der Waals surface area contributed by atoms with E-state index in [1.807, 2.05) is 0 Å². The summed E-state index contributed by atoms with van der Waals surface area (Å²) in [6.45, 7) is 0. The molecule has 1 rings (SSSR count). The van der Waals surface area contributed by atoms with Gasteiger partial charge >= 0.3 is 17.4 Å². The molecule has 13 heavy (non-hydrogen) atoms. The summed E-state index contributed by atoms with van der Waals surface area (Å²) in [6.07, 6.45) is 1.13. The summed E-state index contributed by atoms with van der Waals surface area (Å²) in [5.74, 6) is -0.228. The molecule has 0 aromatic carbocycles. The Morgan fingerprint density at radius 2 is 1.77 bits per heavy atom. The van der Waals surface area contributed by atoms with Crippen LogP contribution in [0.3, 0.4) is 0 Å². The highest BCUT2D eigenvalue weighted by Crippen LogP contribution is 2.31. The van der Waals surface area contributed by atoms with E-state index in [-0.39, 0.29) is 17.4 Å². The van der Waals surface area contributed by atoms with Crippen molar-refractivity contribution in [3.05, 3.63) is 16.4 Å². The smallest absolute Gasteiger partial charge is 0.392 e. The van der Waals surface area contributed by atoms with Crippen molar-refractivity contribution in [3.8, 4) is 11.8 Å². The van der Waals surface area contributed by atoms with Crippen LogP contribution in [0.5, 0.6) is 11.8 Å². The maximum atomic E-state index is 10.5. The van der Waals surface area contributed by atoms with E-state index in [1.165, 1.54) is 14.2 Å². The molecular weight excluding hydrogens is 178 g/mol. The van der Waals surface area contributed by atoms with Crippen molar-refractivity contribution in [2.24, 2.45) is 0 Å². The van der Waals surface area contributed by atoms with Crippen molar-refractivity contribution in [2.75, 3.05) is 14.2 Å². The molecule has 1 heterocycles. The largest absolute Gasteiger partial charge is 0.476 e. The Hall–Kier alpha value is -1.92. The van der Waals surface area contributed by atoms with Gasteiger partial charge in [0.1, 0.15) is 6.33 Å². The first-order valence-corrected chi connectivity index (χ1v) is 3.28. The molecule has 7 nitrogen and oxygen atoms in total. The van der Waals surface area contributed by atoms with Crippen LogP contribution in [-0.4, -0.2) is 29.1 Å². The molecule has 1 aromatic heterocycles. The second-order valence-electron chi connectivity index (χ2n) is 2.00. The van der Waals surface area contributed by atoms with Crippen molar-refractivity contribution in [1.29, 1.82) is 0 Å². The van der Waals surface area contributed by atoms with Crippen LogP contribution in [0.1, 0.15) is 0 Å². The lowest BCUT2D eigenvalue weighted by molar-refractivity contribution is -0.387. The molecule has 0 saturated carbocycles. The van der Waals surface area contributed by atoms with Gasteiger partial charge in [-0.2, -0.15) is 9.97 Å². The average molecular weight is 185 g/mol. The first kappa shape index (κ1) is 9.17. The molecule has 0 fully saturated rings. The van der Waals surface area contributed by atoms with Crippen molar-refractivity contribution in [1.82, 2.24) is 9.97 Å². The number of nitrogens with zero attached hydrogens (tertiary/aromatic N) is 3. The van der Waals surface area contributed by atoms with Crippen LogP contribution in [0.4, 0.5) is 5.69 Å². The number of nitro groups is 1. The van der Waals surface area contributed by atoms with Crippen LogP contribution in [0.2, 0.25) is 0 Å². The molecule has 0 spiro atoms. The normalized spacial score (nSPS) is 9.38. The van der Waals surface area contributed by atoms with Crippen LogP contribution >= 0.6 is 0 Å². The average Bonchev–Trinajstić information content (AvgIpc) is 2.16. The van der Waals surface area contributed by atoms with Gasteiger partial charge in [-0.3, -0.25) is 10.1 Å². The highest BCUT2D eigenvalue weighted by atomic mass is 16.6. The van der Waals surface area contributed by atoms with Crippen LogP contribution < -0.4 is 9.47 Å². The summed E-state index contributed by atoms with van der Waals surface area (Å²) in [7, 11) is 2.57. The van der Waals surface area contributed by atoms with Gasteiger partial charge in [0, 0.05) is 0 Å². The Morgan fingerprint density at radius 3 is 2.08 bits per heavy atom. The van der Waals surface area contributed by atoms with E-state index in [4.69, 9.17) is 0 Å². The molecule has 0 N–H and O–H groups in total. The highest BCUT2D eigenvalue weighted by molar-refractivity contribution is 5.48. The summed E-state index contributed by atoms with van der Waals surface area (Å²) in [5.41, 5.74) is -0.368. The third-order valence-electron chi connectivity index (χ3n) is 1.32. The first-order chi connectivity index (χ1) is 6.20. The van der Waals surface area contributed by atoms with Gasteiger partial charge in [-0.15, -0.1) is 0 Å². The first-order valence-electron chi connectivity index (χ1n) is 3.28. The predicted molar refractivity (Wildman–Crippen MR) is 41.8 cm³/mol. The van der Waals surface area contributed by atoms with Gasteiger partial charge in [0.05, 0.1) is 19.1 Å². The molecule has 0 bridgehead atoms. The molecule has 0 radical (unpaired) electrons. The van der Waals surface area contributed by atoms with Gasteiger partial charge < -0.3 is 9.47 Å². The van der Waals surface area contributed by atoms with Crippen LogP contribution in [0.25, 0.3) is 0 Å². The topological polar surface area (TPSA) is 87.4 Å². The number of hydrogen-bond acceptors (Lipinski definition) is 6. The second kappa shape index (κ2) is 3.65. The lowest BCUT2D eigenvalue weighted by Gasteiger charge is -2.02. The predicted octanol–water partition coefficient (Wildman–Crippen LogP) is 0.402. The minimum absolute atomic E-state index is 0.114. The zero-order chi connectivity index (χ0) is 9.84. The fourth-order valence-corrected chi connectivity index (χ4v) is 0.802. The maximum Gasteiger partial charge on any atom is 0.392 e. The van der Waals surface area contributed by atoms with E-state index in [9.17, 15) is 10.1 Å². The fourth-order valence-electron chi connectivity index (χ4n) is 0.802. The number of rotatable bonds is 3. The minimum Gasteiger partial charge on any atom is -0.476 e. The van der Waals surface area contributed by atoms with Gasteiger partial charge in [-0.25, -0.2) is 0 Å². The van der Waals surface area contributed by atoms with Crippen molar-refractivity contribution >= 4 is 5.69 Å². The molecule has 0 aliphatic rings. The van der Waals surface area contributed by atoms with E-state index in [0.29, 0.717) is 0 Å². The molecule has 0 aliphatic heterocycles. The van der Waals surface area contributed by atoms with Crippen molar-refractivity contribution in [3.63, 3.8) is 0 Å². The lowest BCUT2D eigenvalue weighted by Crippen LogP contribution is -2.01. The number of aromatic nitrogens is 2. The van der Waals surface area contributed by atoms with Crippen LogP contribution in [0.15, 0.2) is 6.33 Å². The number of ether oxygens (including phenoxy) is 2. The van der Waals surface area contributed by atoms with Gasteiger partial charge in [0.2, 0.25) is 0 Å². The summed E-state index contributed by atoms with van der Waals surface area (Å²) in [6, 6.07) is 0. The third-order valence-corrected chi connectivity index (χ3v) is 1.32. The van der Waals surface area contributed by atoms with E-state index in [0.717, 1.165) is 6.33 Å². The van der Waals surface area contributed by atoms with E-state index in [1.54, 1.807) is 0 Å². The zero-order valence-corrected chi connectivity index (χ0v) is 7.05. The van der Waals surface area contributed by atoms with Crippen LogP contribution in [-0.2, 0) is 0 Å². The Labute approximate surface area is 73.5 Å². The van der Waals surface area contributed by atoms with E-state index < -0.39 is 4.92 Å². The minimum atomic E-state index is -0.655. The number of methoxy groups -OCH3 is 2. The molecule has 0 saturated heterocycles. The van der Waals surface area contributed by atoms with Gasteiger partial charge in [0.25, 0.3) is 0 Å². The summed E-state index contributed by atoms with van der Waals surface area (Å²) in [5, 5.41) is 10.5. The summed E-state index contributed by atoms with van der Waals surface area (Å²) >= 11 is 0. The highest BCUT2D eigenvalue weighted by Gasteiger charge is 2.24. The van der Waals surface area contributed by atoms with E-state index >= 15 is 0 Å². The molecule has 70 valence electrons. The standard InChI is InChI=1S/C6H7N3O4/c1-12-5-4(9(10)11)6(13-2)8-3-7-5/h3H,1-2H3. The molecule has 0 aliphatic carbocycles. The van der Waals surface area contributed by atoms with Gasteiger partial charge in [-0.05, 0) is 0 Å². The fraction of sp³-hybridized carbons (Fsp3) is 0.333. The summed E-state index contributed by atoms with van der Waals surface area (Å²) in [4.78, 5) is 17.0. The SMILES string of the molecule is COc1ncnc(OC)c1[N+](=O)[O-]. The van der Waals surface area contributed by atoms with Crippen molar-refractivity contribution in [2.45, 2.75) is 0 Å². The maximum absolute atomic E-state index is 10.5. The Kier molecular flexibility index (Phi) is 2.58. The lowest BCUT2D eigenvalue weighted by atomic mass is 10.5.